The molecule has 1 saturated carbocycles. The molecule has 0 aromatic heterocycles. The molecule has 0 aromatic rings. The van der Waals surface area contributed by atoms with Gasteiger partial charge in [-0.1, -0.05) is 0 Å². The summed E-state index contributed by atoms with van der Waals surface area (Å²) < 4.78 is 35.0. The summed E-state index contributed by atoms with van der Waals surface area (Å²) in [5.74, 6) is -7.49. The SMILES string of the molecule is O=C(O)C1C(F)C1(F)F. The van der Waals surface area contributed by atoms with Crippen LogP contribution in [0.4, 0.5) is 13.2 Å². The summed E-state index contributed by atoms with van der Waals surface area (Å²) in [5.41, 5.74) is 0. The zero-order chi connectivity index (χ0) is 7.23. The van der Waals surface area contributed by atoms with E-state index in [9.17, 15) is 18.0 Å². The maximum absolute atomic E-state index is 11.7. The van der Waals surface area contributed by atoms with Gasteiger partial charge in [0.2, 0.25) is 0 Å². The molecule has 0 radical (unpaired) electrons. The van der Waals surface area contributed by atoms with Crippen LogP contribution in [0.2, 0.25) is 0 Å². The summed E-state index contributed by atoms with van der Waals surface area (Å²) in [6, 6.07) is 0. The lowest BCUT2D eigenvalue weighted by Crippen LogP contribution is -2.04. The Morgan fingerprint density at radius 3 is 1.89 bits per heavy atom. The molecule has 0 amide bonds. The lowest BCUT2D eigenvalue weighted by Gasteiger charge is -1.84. The summed E-state index contributed by atoms with van der Waals surface area (Å²) >= 11 is 0. The topological polar surface area (TPSA) is 37.3 Å². The van der Waals surface area contributed by atoms with E-state index < -0.39 is 24.0 Å². The van der Waals surface area contributed by atoms with Crippen LogP contribution >= 0.6 is 0 Å². The number of carbonyl (C=O) groups is 1. The van der Waals surface area contributed by atoms with Crippen molar-refractivity contribution in [1.82, 2.24) is 0 Å². The summed E-state index contributed by atoms with van der Waals surface area (Å²) in [6.07, 6.45) is -2.48. The number of carboxylic acid groups (broad SMARTS) is 1. The Balaban J connectivity index is 2.62. The van der Waals surface area contributed by atoms with Gasteiger partial charge in [-0.05, 0) is 0 Å². The van der Waals surface area contributed by atoms with Gasteiger partial charge in [0.05, 0.1) is 0 Å². The van der Waals surface area contributed by atoms with Crippen molar-refractivity contribution in [2.75, 3.05) is 0 Å². The molecular formula is C4H3F3O2. The molecule has 9 heavy (non-hydrogen) atoms. The van der Waals surface area contributed by atoms with Crippen molar-refractivity contribution >= 4 is 5.97 Å². The predicted molar refractivity (Wildman–Crippen MR) is 21.0 cm³/mol. The van der Waals surface area contributed by atoms with Crippen molar-refractivity contribution in [3.8, 4) is 0 Å². The highest BCUT2D eigenvalue weighted by molar-refractivity contribution is 5.76. The molecule has 1 fully saturated rings. The molecule has 2 atom stereocenters. The molecule has 52 valence electrons. The fourth-order valence-electron chi connectivity index (χ4n) is 0.579. The van der Waals surface area contributed by atoms with Gasteiger partial charge in [0.15, 0.2) is 12.1 Å². The lowest BCUT2D eigenvalue weighted by molar-refractivity contribution is -0.140. The van der Waals surface area contributed by atoms with Gasteiger partial charge in [0, 0.05) is 0 Å². The molecule has 1 aliphatic carbocycles. The number of hydrogen-bond donors (Lipinski definition) is 1. The zero-order valence-electron chi connectivity index (χ0n) is 4.14. The van der Waals surface area contributed by atoms with Crippen LogP contribution < -0.4 is 0 Å². The maximum Gasteiger partial charge on any atom is 0.316 e. The fourth-order valence-corrected chi connectivity index (χ4v) is 0.579. The Morgan fingerprint density at radius 1 is 1.56 bits per heavy atom. The number of rotatable bonds is 1. The minimum atomic E-state index is -3.62. The minimum Gasteiger partial charge on any atom is -0.481 e. The van der Waals surface area contributed by atoms with Crippen LogP contribution in [0.25, 0.3) is 0 Å². The summed E-state index contributed by atoms with van der Waals surface area (Å²) in [6.45, 7) is 0. The van der Waals surface area contributed by atoms with Gasteiger partial charge in [-0.25, -0.2) is 13.2 Å². The van der Waals surface area contributed by atoms with E-state index >= 15 is 0 Å². The molecule has 0 aromatic carbocycles. The largest absolute Gasteiger partial charge is 0.481 e. The van der Waals surface area contributed by atoms with Gasteiger partial charge in [0.25, 0.3) is 5.92 Å². The Bertz CT molecular complexity index is 156. The first kappa shape index (κ1) is 6.38. The average molecular weight is 140 g/mol. The molecule has 5 heteroatoms. The second-order valence-corrected chi connectivity index (χ2v) is 1.89. The van der Waals surface area contributed by atoms with E-state index in [2.05, 4.69) is 0 Å². The first-order chi connectivity index (χ1) is 3.98. The third-order valence-corrected chi connectivity index (χ3v) is 1.23. The number of hydrogen-bond acceptors (Lipinski definition) is 1. The molecular weight excluding hydrogens is 137 g/mol. The van der Waals surface area contributed by atoms with Crippen LogP contribution in [-0.2, 0) is 4.79 Å². The molecule has 1 aliphatic rings. The first-order valence-corrected chi connectivity index (χ1v) is 2.22. The van der Waals surface area contributed by atoms with Crippen molar-refractivity contribution < 1.29 is 23.1 Å². The van der Waals surface area contributed by atoms with Crippen molar-refractivity contribution in [3.63, 3.8) is 0 Å². The third kappa shape index (κ3) is 0.674. The Kier molecular flexibility index (Phi) is 0.992. The number of halogens is 3. The van der Waals surface area contributed by atoms with Crippen LogP contribution in [-0.4, -0.2) is 23.2 Å². The molecule has 1 N–H and O–H groups in total. The van der Waals surface area contributed by atoms with Gasteiger partial charge in [-0.2, -0.15) is 0 Å². The van der Waals surface area contributed by atoms with E-state index in [0.717, 1.165) is 0 Å². The highest BCUT2D eigenvalue weighted by Crippen LogP contribution is 2.51. The van der Waals surface area contributed by atoms with Gasteiger partial charge in [-0.3, -0.25) is 4.79 Å². The highest BCUT2D eigenvalue weighted by atomic mass is 19.3. The van der Waals surface area contributed by atoms with Gasteiger partial charge >= 0.3 is 5.97 Å². The average Bonchev–Trinajstić information content (AvgIpc) is 2.07. The highest BCUT2D eigenvalue weighted by Gasteiger charge is 2.74. The molecule has 0 spiro atoms. The first-order valence-electron chi connectivity index (χ1n) is 2.22. The van der Waals surface area contributed by atoms with Crippen LogP contribution in [0, 0.1) is 5.92 Å². The van der Waals surface area contributed by atoms with Crippen molar-refractivity contribution in [2.24, 2.45) is 5.92 Å². The minimum absolute atomic E-state index is 1.77. The normalized spacial score (nSPS) is 38.1. The van der Waals surface area contributed by atoms with Gasteiger partial charge in [-0.15, -0.1) is 0 Å². The summed E-state index contributed by atoms with van der Waals surface area (Å²) in [5, 5.41) is 7.84. The van der Waals surface area contributed by atoms with Crippen molar-refractivity contribution in [2.45, 2.75) is 12.1 Å². The second-order valence-electron chi connectivity index (χ2n) is 1.89. The molecule has 0 aliphatic heterocycles. The van der Waals surface area contributed by atoms with E-state index in [-0.39, 0.29) is 0 Å². The molecule has 0 bridgehead atoms. The molecule has 1 rings (SSSR count). The smallest absolute Gasteiger partial charge is 0.316 e. The Labute approximate surface area is 48.3 Å². The second kappa shape index (κ2) is 1.40. The molecule has 0 saturated heterocycles. The standard InChI is InChI=1S/C4H3F3O2/c5-2-1(3(8)9)4(2,6)7/h1-2H,(H,8,9). The molecule has 2 unspecified atom stereocenters. The number of aliphatic carboxylic acids is 1. The number of carboxylic acids is 1. The van der Waals surface area contributed by atoms with E-state index in [1.165, 1.54) is 0 Å². The maximum atomic E-state index is 11.7. The molecule has 2 nitrogen and oxygen atoms in total. The van der Waals surface area contributed by atoms with E-state index in [1.54, 1.807) is 0 Å². The van der Waals surface area contributed by atoms with Crippen LogP contribution in [0.3, 0.4) is 0 Å². The predicted octanol–water partition coefficient (Wildman–Crippen LogP) is 0.674. The Hall–Kier alpha value is -0.740. The fraction of sp³-hybridized carbons (Fsp3) is 0.750. The third-order valence-electron chi connectivity index (χ3n) is 1.23. The van der Waals surface area contributed by atoms with Crippen molar-refractivity contribution in [1.29, 1.82) is 0 Å². The van der Waals surface area contributed by atoms with Crippen LogP contribution in [0.1, 0.15) is 0 Å². The van der Waals surface area contributed by atoms with Crippen LogP contribution in [0.5, 0.6) is 0 Å². The van der Waals surface area contributed by atoms with Crippen LogP contribution in [0.15, 0.2) is 0 Å². The van der Waals surface area contributed by atoms with E-state index in [1.807, 2.05) is 0 Å². The van der Waals surface area contributed by atoms with Gasteiger partial charge < -0.3 is 5.11 Å². The van der Waals surface area contributed by atoms with E-state index in [0.29, 0.717) is 0 Å². The molecule has 0 heterocycles. The van der Waals surface area contributed by atoms with Crippen molar-refractivity contribution in [3.05, 3.63) is 0 Å². The monoisotopic (exact) mass is 140 g/mol. The Morgan fingerprint density at radius 2 is 1.89 bits per heavy atom. The number of alkyl halides is 3. The zero-order valence-corrected chi connectivity index (χ0v) is 4.14. The lowest BCUT2D eigenvalue weighted by atomic mass is 10.4. The van der Waals surface area contributed by atoms with E-state index in [4.69, 9.17) is 5.11 Å². The summed E-state index contributed by atoms with van der Waals surface area (Å²) in [7, 11) is 0. The van der Waals surface area contributed by atoms with Gasteiger partial charge in [0.1, 0.15) is 0 Å². The quantitative estimate of drug-likeness (QED) is 0.581. The summed E-state index contributed by atoms with van der Waals surface area (Å²) in [4.78, 5) is 9.67.